The molecule has 0 aromatic carbocycles. The number of aliphatic hydroxyl groups is 1. The lowest BCUT2D eigenvalue weighted by molar-refractivity contribution is 0.222. The van der Waals surface area contributed by atoms with E-state index in [1.54, 1.807) is 17.5 Å². The van der Waals surface area contributed by atoms with Crippen LogP contribution in [0.1, 0.15) is 34.7 Å². The van der Waals surface area contributed by atoms with Gasteiger partial charge in [-0.05, 0) is 36.4 Å². The SMILES string of the molecule is CCc1ccsc1C(O)c1ccc(C)nc1. The molecule has 2 heterocycles. The molecular formula is C13H15NOS. The van der Waals surface area contributed by atoms with Crippen LogP contribution in [0.2, 0.25) is 0 Å². The van der Waals surface area contributed by atoms with Gasteiger partial charge in [0.25, 0.3) is 0 Å². The molecule has 0 fully saturated rings. The minimum atomic E-state index is -0.539. The minimum absolute atomic E-state index is 0.539. The molecule has 0 bridgehead atoms. The smallest absolute Gasteiger partial charge is 0.115 e. The van der Waals surface area contributed by atoms with E-state index in [-0.39, 0.29) is 0 Å². The molecule has 0 saturated heterocycles. The molecule has 0 aliphatic heterocycles. The van der Waals surface area contributed by atoms with Gasteiger partial charge in [-0.2, -0.15) is 0 Å². The Labute approximate surface area is 99.6 Å². The number of nitrogens with zero attached hydrogens (tertiary/aromatic N) is 1. The molecule has 84 valence electrons. The van der Waals surface area contributed by atoms with Gasteiger partial charge in [0.05, 0.1) is 0 Å². The Balaban J connectivity index is 2.31. The Morgan fingerprint density at radius 3 is 2.81 bits per heavy atom. The summed E-state index contributed by atoms with van der Waals surface area (Å²) in [6.07, 6.45) is 2.16. The molecule has 0 saturated carbocycles. The van der Waals surface area contributed by atoms with Crippen LogP contribution in [0.25, 0.3) is 0 Å². The highest BCUT2D eigenvalue weighted by molar-refractivity contribution is 7.10. The average Bonchev–Trinajstić information content (AvgIpc) is 2.77. The van der Waals surface area contributed by atoms with Gasteiger partial charge >= 0.3 is 0 Å². The Morgan fingerprint density at radius 1 is 1.38 bits per heavy atom. The predicted molar refractivity (Wildman–Crippen MR) is 66.7 cm³/mol. The number of aliphatic hydroxyl groups excluding tert-OH is 1. The molecule has 2 aromatic rings. The van der Waals surface area contributed by atoms with E-state index in [9.17, 15) is 5.11 Å². The van der Waals surface area contributed by atoms with Crippen LogP contribution in [0.4, 0.5) is 0 Å². The Kier molecular flexibility index (Phi) is 3.36. The van der Waals surface area contributed by atoms with E-state index >= 15 is 0 Å². The second-order valence-electron chi connectivity index (χ2n) is 3.80. The molecule has 1 atom stereocenters. The number of hydrogen-bond acceptors (Lipinski definition) is 3. The molecule has 2 nitrogen and oxygen atoms in total. The lowest BCUT2D eigenvalue weighted by Gasteiger charge is -2.11. The summed E-state index contributed by atoms with van der Waals surface area (Å²) in [5, 5.41) is 12.3. The van der Waals surface area contributed by atoms with Crippen LogP contribution in [0.3, 0.4) is 0 Å². The van der Waals surface area contributed by atoms with Gasteiger partial charge in [-0.25, -0.2) is 0 Å². The molecule has 0 aliphatic carbocycles. The Bertz CT molecular complexity index is 461. The van der Waals surface area contributed by atoms with Crippen molar-refractivity contribution in [3.63, 3.8) is 0 Å². The highest BCUT2D eigenvalue weighted by Gasteiger charge is 2.15. The summed E-state index contributed by atoms with van der Waals surface area (Å²) in [4.78, 5) is 5.25. The van der Waals surface area contributed by atoms with Crippen molar-refractivity contribution in [1.29, 1.82) is 0 Å². The largest absolute Gasteiger partial charge is 0.383 e. The van der Waals surface area contributed by atoms with Crippen LogP contribution < -0.4 is 0 Å². The van der Waals surface area contributed by atoms with Crippen molar-refractivity contribution in [1.82, 2.24) is 4.98 Å². The summed E-state index contributed by atoms with van der Waals surface area (Å²) >= 11 is 1.60. The van der Waals surface area contributed by atoms with E-state index < -0.39 is 6.10 Å². The van der Waals surface area contributed by atoms with Gasteiger partial charge in [0.1, 0.15) is 6.10 Å². The summed E-state index contributed by atoms with van der Waals surface area (Å²) in [5.74, 6) is 0. The van der Waals surface area contributed by atoms with Gasteiger partial charge in [0.2, 0.25) is 0 Å². The standard InChI is InChI=1S/C13H15NOS/c1-3-10-6-7-16-13(10)12(15)11-5-4-9(2)14-8-11/h4-8,12,15H,3H2,1-2H3. The molecule has 1 N–H and O–H groups in total. The van der Waals surface area contributed by atoms with E-state index in [4.69, 9.17) is 0 Å². The number of pyridine rings is 1. The number of aryl methyl sites for hydroxylation is 2. The monoisotopic (exact) mass is 233 g/mol. The van der Waals surface area contributed by atoms with Crippen molar-refractivity contribution in [2.45, 2.75) is 26.4 Å². The van der Waals surface area contributed by atoms with Gasteiger partial charge in [0.15, 0.2) is 0 Å². The third kappa shape index (κ3) is 2.15. The highest BCUT2D eigenvalue weighted by Crippen LogP contribution is 2.29. The maximum absolute atomic E-state index is 10.3. The summed E-state index contributed by atoms with van der Waals surface area (Å²) < 4.78 is 0. The van der Waals surface area contributed by atoms with E-state index in [0.717, 1.165) is 22.6 Å². The predicted octanol–water partition coefficient (Wildman–Crippen LogP) is 3.10. The number of hydrogen-bond donors (Lipinski definition) is 1. The van der Waals surface area contributed by atoms with Crippen LogP contribution in [0.15, 0.2) is 29.8 Å². The highest BCUT2D eigenvalue weighted by atomic mass is 32.1. The van der Waals surface area contributed by atoms with Gasteiger partial charge in [0, 0.05) is 22.3 Å². The molecule has 0 spiro atoms. The van der Waals surface area contributed by atoms with Crippen molar-refractivity contribution < 1.29 is 5.11 Å². The second kappa shape index (κ2) is 4.76. The first-order valence-corrected chi connectivity index (χ1v) is 6.27. The molecule has 1 unspecified atom stereocenters. The van der Waals surface area contributed by atoms with Crippen LogP contribution in [-0.4, -0.2) is 10.1 Å². The normalized spacial score (nSPS) is 12.7. The minimum Gasteiger partial charge on any atom is -0.383 e. The number of rotatable bonds is 3. The van der Waals surface area contributed by atoms with E-state index in [2.05, 4.69) is 18.0 Å². The summed E-state index contributed by atoms with van der Waals surface area (Å²) in [6.45, 7) is 4.05. The Morgan fingerprint density at radius 2 is 2.19 bits per heavy atom. The van der Waals surface area contributed by atoms with E-state index in [1.807, 2.05) is 24.4 Å². The molecular weight excluding hydrogens is 218 g/mol. The van der Waals surface area contributed by atoms with Crippen molar-refractivity contribution in [2.24, 2.45) is 0 Å². The lowest BCUT2D eigenvalue weighted by Crippen LogP contribution is -2.00. The Hall–Kier alpha value is -1.19. The molecule has 2 aromatic heterocycles. The molecule has 3 heteroatoms. The second-order valence-corrected chi connectivity index (χ2v) is 4.75. The zero-order valence-electron chi connectivity index (χ0n) is 9.47. The van der Waals surface area contributed by atoms with Crippen molar-refractivity contribution >= 4 is 11.3 Å². The molecule has 0 amide bonds. The van der Waals surface area contributed by atoms with Crippen LogP contribution in [0, 0.1) is 6.92 Å². The number of aromatic nitrogens is 1. The maximum atomic E-state index is 10.3. The molecule has 16 heavy (non-hydrogen) atoms. The zero-order chi connectivity index (χ0) is 11.5. The van der Waals surface area contributed by atoms with Gasteiger partial charge in [-0.3, -0.25) is 4.98 Å². The van der Waals surface area contributed by atoms with Gasteiger partial charge in [-0.1, -0.05) is 13.0 Å². The van der Waals surface area contributed by atoms with Crippen molar-refractivity contribution in [3.8, 4) is 0 Å². The molecule has 0 radical (unpaired) electrons. The fourth-order valence-electron chi connectivity index (χ4n) is 1.67. The fraction of sp³-hybridized carbons (Fsp3) is 0.308. The van der Waals surface area contributed by atoms with Crippen LogP contribution in [-0.2, 0) is 6.42 Å². The third-order valence-electron chi connectivity index (χ3n) is 2.66. The van der Waals surface area contributed by atoms with Gasteiger partial charge in [-0.15, -0.1) is 11.3 Å². The molecule has 0 aliphatic rings. The first-order valence-electron chi connectivity index (χ1n) is 5.39. The first-order chi connectivity index (χ1) is 7.72. The van der Waals surface area contributed by atoms with Crippen molar-refractivity contribution in [3.05, 3.63) is 51.5 Å². The number of thiophene rings is 1. The fourth-order valence-corrected chi connectivity index (χ4v) is 2.68. The summed E-state index contributed by atoms with van der Waals surface area (Å²) in [5.41, 5.74) is 3.05. The van der Waals surface area contributed by atoms with Gasteiger partial charge < -0.3 is 5.11 Å². The van der Waals surface area contributed by atoms with E-state index in [0.29, 0.717) is 0 Å². The lowest BCUT2D eigenvalue weighted by atomic mass is 10.1. The van der Waals surface area contributed by atoms with Crippen LogP contribution in [0.5, 0.6) is 0 Å². The topological polar surface area (TPSA) is 33.1 Å². The van der Waals surface area contributed by atoms with Crippen molar-refractivity contribution in [2.75, 3.05) is 0 Å². The average molecular weight is 233 g/mol. The summed E-state index contributed by atoms with van der Waals surface area (Å²) in [7, 11) is 0. The first kappa shape index (κ1) is 11.3. The maximum Gasteiger partial charge on any atom is 0.115 e. The molecule has 2 rings (SSSR count). The van der Waals surface area contributed by atoms with Crippen LogP contribution >= 0.6 is 11.3 Å². The third-order valence-corrected chi connectivity index (χ3v) is 3.67. The zero-order valence-corrected chi connectivity index (χ0v) is 10.3. The summed E-state index contributed by atoms with van der Waals surface area (Å²) in [6, 6.07) is 5.94. The van der Waals surface area contributed by atoms with E-state index in [1.165, 1.54) is 5.56 Å². The quantitative estimate of drug-likeness (QED) is 0.883.